The second kappa shape index (κ2) is 8.54. The van der Waals surface area contributed by atoms with Gasteiger partial charge in [0.2, 0.25) is 5.95 Å². The summed E-state index contributed by atoms with van der Waals surface area (Å²) >= 11 is 0. The molecule has 3 aromatic heterocycles. The molecule has 6 nitrogen and oxygen atoms in total. The molecule has 2 aliphatic rings. The zero-order chi connectivity index (χ0) is 22.2. The average molecular weight is 443 g/mol. The molecule has 0 radical (unpaired) electrons. The van der Waals surface area contributed by atoms with Crippen molar-refractivity contribution in [3.63, 3.8) is 0 Å². The number of hydrogen-bond donors (Lipinski definition) is 0. The maximum Gasteiger partial charge on any atom is 0.226 e. The molecule has 0 atom stereocenters. The lowest BCUT2D eigenvalue weighted by Gasteiger charge is -2.34. The predicted molar refractivity (Wildman–Crippen MR) is 126 cm³/mol. The number of rotatable bonds is 5. The molecular weight excluding hydrogens is 415 g/mol. The summed E-state index contributed by atoms with van der Waals surface area (Å²) in [6.07, 6.45) is 15.3. The van der Waals surface area contributed by atoms with E-state index in [4.69, 9.17) is 15.1 Å². The molecule has 7 heteroatoms. The van der Waals surface area contributed by atoms with Crippen molar-refractivity contribution in [1.82, 2.24) is 24.6 Å². The Labute approximate surface area is 192 Å². The summed E-state index contributed by atoms with van der Waals surface area (Å²) in [5.74, 6) is 0.559. The van der Waals surface area contributed by atoms with Crippen LogP contribution in [0.15, 0.2) is 55.1 Å². The van der Waals surface area contributed by atoms with E-state index in [1.54, 1.807) is 29.2 Å². The molecule has 6 rings (SSSR count). The van der Waals surface area contributed by atoms with Crippen LogP contribution in [0.5, 0.6) is 0 Å². The van der Waals surface area contributed by atoms with Crippen molar-refractivity contribution in [3.8, 4) is 22.5 Å². The van der Waals surface area contributed by atoms with Crippen LogP contribution in [0.3, 0.4) is 0 Å². The number of benzene rings is 1. The summed E-state index contributed by atoms with van der Waals surface area (Å²) in [7, 11) is 0. The normalized spacial score (nSPS) is 17.2. The molecule has 0 spiro atoms. The summed E-state index contributed by atoms with van der Waals surface area (Å²) in [6.45, 7) is 0. The van der Waals surface area contributed by atoms with Crippen molar-refractivity contribution in [1.29, 1.82) is 0 Å². The Morgan fingerprint density at radius 3 is 2.24 bits per heavy atom. The highest BCUT2D eigenvalue weighted by molar-refractivity contribution is 5.90. The fourth-order valence-electron chi connectivity index (χ4n) is 5.57. The second-order valence-electron chi connectivity index (χ2n) is 9.17. The van der Waals surface area contributed by atoms with Crippen molar-refractivity contribution < 1.29 is 4.39 Å². The van der Waals surface area contributed by atoms with Gasteiger partial charge in [-0.3, -0.25) is 0 Å². The Morgan fingerprint density at radius 1 is 0.848 bits per heavy atom. The number of anilines is 1. The molecule has 0 aliphatic heterocycles. The van der Waals surface area contributed by atoms with Crippen LogP contribution in [0.4, 0.5) is 10.3 Å². The minimum absolute atomic E-state index is 0.265. The molecule has 2 saturated carbocycles. The molecule has 0 saturated heterocycles. The van der Waals surface area contributed by atoms with Gasteiger partial charge in [-0.25, -0.2) is 23.9 Å². The lowest BCUT2D eigenvalue weighted by Crippen LogP contribution is -2.42. The Hall–Kier alpha value is -3.35. The van der Waals surface area contributed by atoms with E-state index in [0.29, 0.717) is 12.1 Å². The largest absolute Gasteiger partial charge is 0.335 e. The van der Waals surface area contributed by atoms with E-state index >= 15 is 0 Å². The van der Waals surface area contributed by atoms with E-state index in [1.807, 2.05) is 18.3 Å². The number of halogens is 1. The summed E-state index contributed by atoms with van der Waals surface area (Å²) in [4.78, 5) is 16.6. The monoisotopic (exact) mass is 442 g/mol. The third-order valence-electron chi connectivity index (χ3n) is 7.13. The number of nitrogens with zero attached hydrogens (tertiary/aromatic N) is 6. The molecule has 3 heterocycles. The summed E-state index contributed by atoms with van der Waals surface area (Å²) < 4.78 is 15.4. The van der Waals surface area contributed by atoms with Gasteiger partial charge in [0.1, 0.15) is 17.8 Å². The van der Waals surface area contributed by atoms with E-state index in [1.165, 1.54) is 63.5 Å². The molecule has 2 aliphatic carbocycles. The van der Waals surface area contributed by atoms with E-state index in [9.17, 15) is 4.39 Å². The SMILES string of the molecule is Fc1ccc(-c2nn3cnccc3c2-c2ccnc(N(C3CCCC3)C3CCCC3)n2)cc1. The van der Waals surface area contributed by atoms with Crippen LogP contribution in [0.25, 0.3) is 28.0 Å². The van der Waals surface area contributed by atoms with Crippen LogP contribution in [-0.4, -0.2) is 36.6 Å². The highest BCUT2D eigenvalue weighted by Crippen LogP contribution is 2.37. The molecular formula is C26H27FN6. The zero-order valence-corrected chi connectivity index (χ0v) is 18.6. The topological polar surface area (TPSA) is 59.2 Å². The number of hydrogen-bond acceptors (Lipinski definition) is 5. The second-order valence-corrected chi connectivity index (χ2v) is 9.17. The van der Waals surface area contributed by atoms with Crippen molar-refractivity contribution in [2.24, 2.45) is 0 Å². The first kappa shape index (κ1) is 20.3. The smallest absolute Gasteiger partial charge is 0.226 e. The Balaban J connectivity index is 1.49. The molecule has 0 bridgehead atoms. The van der Waals surface area contributed by atoms with Crippen LogP contribution in [-0.2, 0) is 0 Å². The minimum Gasteiger partial charge on any atom is -0.335 e. The standard InChI is InChI=1S/C26H27FN6/c27-19-11-9-18(10-12-19)25-24(23-14-15-28-17-32(23)31-25)22-13-16-29-26(30-22)33(20-5-1-2-6-20)21-7-3-4-8-21/h9-17,20-21H,1-8H2. The van der Waals surface area contributed by atoms with Gasteiger partial charge in [0.15, 0.2) is 0 Å². The van der Waals surface area contributed by atoms with Gasteiger partial charge in [0.05, 0.1) is 16.8 Å². The minimum atomic E-state index is -0.265. The van der Waals surface area contributed by atoms with Crippen molar-refractivity contribution in [2.75, 3.05) is 4.90 Å². The van der Waals surface area contributed by atoms with Crippen LogP contribution in [0, 0.1) is 5.82 Å². The van der Waals surface area contributed by atoms with Crippen LogP contribution < -0.4 is 4.90 Å². The molecule has 0 amide bonds. The van der Waals surface area contributed by atoms with Gasteiger partial charge in [0, 0.05) is 30.0 Å². The molecule has 168 valence electrons. The summed E-state index contributed by atoms with van der Waals surface area (Å²) in [5, 5.41) is 4.78. The van der Waals surface area contributed by atoms with E-state index in [-0.39, 0.29) is 5.82 Å². The third kappa shape index (κ3) is 3.75. The van der Waals surface area contributed by atoms with Gasteiger partial charge < -0.3 is 4.90 Å². The van der Waals surface area contributed by atoms with Gasteiger partial charge in [-0.15, -0.1) is 0 Å². The maximum atomic E-state index is 13.6. The van der Waals surface area contributed by atoms with Crippen LogP contribution in [0.2, 0.25) is 0 Å². The quantitative estimate of drug-likeness (QED) is 0.398. The van der Waals surface area contributed by atoms with Crippen molar-refractivity contribution in [2.45, 2.75) is 63.5 Å². The van der Waals surface area contributed by atoms with Gasteiger partial charge >= 0.3 is 0 Å². The predicted octanol–water partition coefficient (Wildman–Crippen LogP) is 5.68. The zero-order valence-electron chi connectivity index (χ0n) is 18.6. The van der Waals surface area contributed by atoms with E-state index in [0.717, 1.165) is 34.0 Å². The van der Waals surface area contributed by atoms with Crippen molar-refractivity contribution in [3.05, 3.63) is 60.9 Å². The van der Waals surface area contributed by atoms with Gasteiger partial charge in [-0.05, 0) is 62.1 Å². The Bertz CT molecular complexity index is 1240. The first-order valence-electron chi connectivity index (χ1n) is 12.0. The van der Waals surface area contributed by atoms with Crippen molar-refractivity contribution >= 4 is 11.5 Å². The third-order valence-corrected chi connectivity index (χ3v) is 7.13. The highest BCUT2D eigenvalue weighted by Gasteiger charge is 2.33. The van der Waals surface area contributed by atoms with Gasteiger partial charge in [0.25, 0.3) is 0 Å². The lowest BCUT2D eigenvalue weighted by atomic mass is 10.0. The lowest BCUT2D eigenvalue weighted by molar-refractivity contribution is 0.502. The Kier molecular flexibility index (Phi) is 5.24. The molecule has 1 aromatic carbocycles. The van der Waals surface area contributed by atoms with Gasteiger partial charge in [-0.2, -0.15) is 5.10 Å². The summed E-state index contributed by atoms with van der Waals surface area (Å²) in [6, 6.07) is 11.4. The maximum absolute atomic E-state index is 13.6. The highest BCUT2D eigenvalue weighted by atomic mass is 19.1. The average Bonchev–Trinajstić information content (AvgIpc) is 3.62. The van der Waals surface area contributed by atoms with E-state index < -0.39 is 0 Å². The molecule has 4 aromatic rings. The first-order chi connectivity index (χ1) is 16.3. The Morgan fingerprint density at radius 2 is 1.55 bits per heavy atom. The molecule has 33 heavy (non-hydrogen) atoms. The van der Waals surface area contributed by atoms with Crippen LogP contribution >= 0.6 is 0 Å². The molecule has 0 N–H and O–H groups in total. The van der Waals surface area contributed by atoms with E-state index in [2.05, 4.69) is 9.88 Å². The fourth-order valence-corrected chi connectivity index (χ4v) is 5.57. The molecule has 0 unspecified atom stereocenters. The van der Waals surface area contributed by atoms with Crippen LogP contribution in [0.1, 0.15) is 51.4 Å². The van der Waals surface area contributed by atoms with Gasteiger partial charge in [-0.1, -0.05) is 25.7 Å². The fraction of sp³-hybridized carbons (Fsp3) is 0.385. The number of aromatic nitrogens is 5. The number of fused-ring (bicyclic) bond motifs is 1. The molecule has 2 fully saturated rings. The summed E-state index contributed by atoms with van der Waals surface area (Å²) in [5.41, 5.74) is 4.29. The first-order valence-corrected chi connectivity index (χ1v) is 12.0.